The van der Waals surface area contributed by atoms with Gasteiger partial charge in [0.15, 0.2) is 0 Å². The van der Waals surface area contributed by atoms with E-state index in [2.05, 4.69) is 15.7 Å². The van der Waals surface area contributed by atoms with Gasteiger partial charge in [-0.05, 0) is 18.2 Å². The molecule has 1 rings (SSSR count). The van der Waals surface area contributed by atoms with E-state index >= 15 is 0 Å². The normalized spacial score (nSPS) is 8.00. The summed E-state index contributed by atoms with van der Waals surface area (Å²) in [5, 5.41) is 2.55. The third kappa shape index (κ3) is 1.51. The van der Waals surface area contributed by atoms with Crippen LogP contribution in [-0.4, -0.2) is 5.16 Å². The predicted molar refractivity (Wildman–Crippen MR) is 29.5 cm³/mol. The summed E-state index contributed by atoms with van der Waals surface area (Å²) >= 11 is 0. The maximum atomic E-state index is 4.67. The van der Waals surface area contributed by atoms with E-state index in [4.69, 9.17) is 0 Å². The van der Waals surface area contributed by atoms with E-state index < -0.39 is 0 Å². The number of aromatic nitrogens is 1. The zero-order valence-electron chi connectivity index (χ0n) is 4.29. The molecule has 0 aliphatic carbocycles. The Balaban J connectivity index is 3.00. The number of H-pyrrole nitrogens is 1. The fourth-order valence-corrected chi connectivity index (χ4v) is 0.350. The SMILES string of the molecule is [c]1ccc[nH]occ1. The van der Waals surface area contributed by atoms with Crippen LogP contribution in [0.25, 0.3) is 0 Å². The fourth-order valence-electron chi connectivity index (χ4n) is 0.350. The topological polar surface area (TPSA) is 28.9 Å². The highest BCUT2D eigenvalue weighted by Gasteiger charge is 1.58. The van der Waals surface area contributed by atoms with Crippen LogP contribution in [0.3, 0.4) is 0 Å². The van der Waals surface area contributed by atoms with Crippen molar-refractivity contribution >= 4 is 0 Å². The Morgan fingerprint density at radius 3 is 3.38 bits per heavy atom. The predicted octanol–water partition coefficient (Wildman–Crippen LogP) is 1.53. The highest BCUT2D eigenvalue weighted by Crippen LogP contribution is 1.74. The highest BCUT2D eigenvalue weighted by atomic mass is 16.4. The Labute approximate surface area is 47.4 Å². The molecule has 0 aromatic carbocycles. The van der Waals surface area contributed by atoms with Gasteiger partial charge in [0.1, 0.15) is 6.26 Å². The largest absolute Gasteiger partial charge is 0.391 e. The van der Waals surface area contributed by atoms with Crippen molar-refractivity contribution in [1.82, 2.24) is 5.16 Å². The zero-order valence-corrected chi connectivity index (χ0v) is 4.29. The molecule has 0 aliphatic rings. The number of rotatable bonds is 0. The van der Waals surface area contributed by atoms with Gasteiger partial charge in [0, 0.05) is 6.20 Å². The van der Waals surface area contributed by atoms with Crippen molar-refractivity contribution in [2.75, 3.05) is 0 Å². The lowest BCUT2D eigenvalue weighted by Crippen LogP contribution is -1.57. The molecule has 0 amide bonds. The van der Waals surface area contributed by atoms with Crippen LogP contribution in [0, 0.1) is 6.07 Å². The molecular formula is C6H6NO. The van der Waals surface area contributed by atoms with Gasteiger partial charge in [-0.2, -0.15) is 0 Å². The van der Waals surface area contributed by atoms with Gasteiger partial charge in [0.2, 0.25) is 0 Å². The monoisotopic (exact) mass is 108 g/mol. The van der Waals surface area contributed by atoms with Gasteiger partial charge in [-0.15, -0.1) is 0 Å². The average Bonchev–Trinajstić information content (AvgIpc) is 1.62. The van der Waals surface area contributed by atoms with Crippen LogP contribution in [0.1, 0.15) is 0 Å². The molecule has 1 aromatic rings. The Morgan fingerprint density at radius 1 is 1.38 bits per heavy atom. The Morgan fingerprint density at radius 2 is 2.38 bits per heavy atom. The number of hydrogen-bond acceptors (Lipinski definition) is 1. The number of aromatic amines is 1. The molecule has 1 radical (unpaired) electrons. The van der Waals surface area contributed by atoms with E-state index in [1.54, 1.807) is 24.4 Å². The molecule has 0 spiro atoms. The third-order valence-corrected chi connectivity index (χ3v) is 0.657. The molecule has 0 atom stereocenters. The van der Waals surface area contributed by atoms with Gasteiger partial charge in [0.05, 0.1) is 0 Å². The standard InChI is InChI=1S/C6H6NO/c1-2-4-6-8-7-5-3-1/h1,3-7H. The molecule has 1 N–H and O–H groups in total. The molecule has 0 saturated heterocycles. The van der Waals surface area contributed by atoms with Crippen LogP contribution >= 0.6 is 0 Å². The molecule has 1 aromatic heterocycles. The smallest absolute Gasteiger partial charge is 0.119 e. The summed E-state index contributed by atoms with van der Waals surface area (Å²) in [7, 11) is 0. The summed E-state index contributed by atoms with van der Waals surface area (Å²) < 4.78 is 4.67. The van der Waals surface area contributed by atoms with Crippen LogP contribution in [0.15, 0.2) is 35.2 Å². The Kier molecular flexibility index (Phi) is 1.80. The summed E-state index contributed by atoms with van der Waals surface area (Å²) in [6, 6.07) is 8.09. The van der Waals surface area contributed by atoms with Crippen molar-refractivity contribution in [3.63, 3.8) is 0 Å². The van der Waals surface area contributed by atoms with Crippen LogP contribution in [0.4, 0.5) is 0 Å². The summed E-state index contributed by atoms with van der Waals surface area (Å²) in [6.45, 7) is 0. The van der Waals surface area contributed by atoms with Crippen molar-refractivity contribution in [2.45, 2.75) is 0 Å². The minimum absolute atomic E-state index is 1.51. The quantitative estimate of drug-likeness (QED) is 0.536. The highest BCUT2D eigenvalue weighted by molar-refractivity contribution is 4.84. The molecule has 0 saturated carbocycles. The lowest BCUT2D eigenvalue weighted by atomic mass is 10.5. The second-order valence-electron chi connectivity index (χ2n) is 1.23. The van der Waals surface area contributed by atoms with E-state index in [-0.39, 0.29) is 0 Å². The van der Waals surface area contributed by atoms with Gasteiger partial charge in [-0.25, -0.2) is 5.16 Å². The molecule has 8 heavy (non-hydrogen) atoms. The first kappa shape index (κ1) is 4.97. The number of hydrogen-bond donors (Lipinski definition) is 1. The lowest BCUT2D eigenvalue weighted by Gasteiger charge is -1.73. The molecule has 0 fully saturated rings. The van der Waals surface area contributed by atoms with E-state index in [9.17, 15) is 0 Å². The zero-order chi connectivity index (χ0) is 5.66. The average molecular weight is 108 g/mol. The van der Waals surface area contributed by atoms with Crippen molar-refractivity contribution < 1.29 is 4.52 Å². The fraction of sp³-hybridized carbons (Fsp3) is 0. The maximum Gasteiger partial charge on any atom is 0.119 e. The summed E-state index contributed by atoms with van der Waals surface area (Å²) in [5.41, 5.74) is 0. The molecule has 1 heterocycles. The first-order chi connectivity index (χ1) is 4.00. The van der Waals surface area contributed by atoms with Crippen LogP contribution in [0.2, 0.25) is 0 Å². The van der Waals surface area contributed by atoms with Crippen LogP contribution < -0.4 is 0 Å². The van der Waals surface area contributed by atoms with Crippen LogP contribution in [0.5, 0.6) is 0 Å². The molecular weight excluding hydrogens is 102 g/mol. The second-order valence-corrected chi connectivity index (χ2v) is 1.23. The van der Waals surface area contributed by atoms with E-state index in [1.807, 2.05) is 0 Å². The van der Waals surface area contributed by atoms with E-state index in [0.29, 0.717) is 0 Å². The van der Waals surface area contributed by atoms with Gasteiger partial charge < -0.3 is 4.52 Å². The van der Waals surface area contributed by atoms with Crippen molar-refractivity contribution in [1.29, 1.82) is 0 Å². The Bertz CT molecular complexity index is 113. The van der Waals surface area contributed by atoms with Crippen LogP contribution in [-0.2, 0) is 0 Å². The minimum Gasteiger partial charge on any atom is -0.391 e. The summed E-state index contributed by atoms with van der Waals surface area (Å²) in [5.74, 6) is 0. The number of nitrogens with one attached hydrogen (secondary N) is 1. The lowest BCUT2D eigenvalue weighted by molar-refractivity contribution is 0.403. The van der Waals surface area contributed by atoms with Gasteiger partial charge in [0.25, 0.3) is 0 Å². The molecule has 0 unspecified atom stereocenters. The summed E-state index contributed by atoms with van der Waals surface area (Å²) in [4.78, 5) is 0. The van der Waals surface area contributed by atoms with Crippen molar-refractivity contribution in [2.24, 2.45) is 0 Å². The second kappa shape index (κ2) is 2.91. The first-order valence-electron chi connectivity index (χ1n) is 2.31. The molecule has 0 aliphatic heterocycles. The van der Waals surface area contributed by atoms with E-state index in [0.717, 1.165) is 0 Å². The van der Waals surface area contributed by atoms with E-state index in [1.165, 1.54) is 6.26 Å². The minimum atomic E-state index is 1.51. The van der Waals surface area contributed by atoms with Gasteiger partial charge in [-0.3, -0.25) is 0 Å². The van der Waals surface area contributed by atoms with Gasteiger partial charge in [-0.1, -0.05) is 6.07 Å². The molecule has 2 heteroatoms. The molecule has 2 nitrogen and oxygen atoms in total. The van der Waals surface area contributed by atoms with Crippen molar-refractivity contribution in [3.8, 4) is 0 Å². The third-order valence-electron chi connectivity index (χ3n) is 0.657. The first-order valence-corrected chi connectivity index (χ1v) is 2.31. The Hall–Kier alpha value is -1.18. The van der Waals surface area contributed by atoms with Crippen molar-refractivity contribution in [3.05, 3.63) is 36.7 Å². The molecule has 41 valence electrons. The maximum absolute atomic E-state index is 4.67. The summed E-state index contributed by atoms with van der Waals surface area (Å²) in [6.07, 6.45) is 3.19. The van der Waals surface area contributed by atoms with Gasteiger partial charge >= 0.3 is 0 Å². The molecule has 0 bridgehead atoms.